The molecule has 170 valence electrons. The van der Waals surface area contributed by atoms with Gasteiger partial charge in [0, 0.05) is 51.8 Å². The van der Waals surface area contributed by atoms with Crippen molar-refractivity contribution < 1.29 is 24.7 Å². The van der Waals surface area contributed by atoms with Crippen molar-refractivity contribution in [2.24, 2.45) is 0 Å². The number of benzene rings is 2. The summed E-state index contributed by atoms with van der Waals surface area (Å²) in [5.41, 5.74) is 0.125. The van der Waals surface area contributed by atoms with Crippen LogP contribution in [0.15, 0.2) is 44.0 Å². The molecule has 2 atom stereocenters. The number of rotatable bonds is 4. The first kappa shape index (κ1) is 24.0. The van der Waals surface area contributed by atoms with Gasteiger partial charge < -0.3 is 24.6 Å². The minimum absolute atomic E-state index is 0. The van der Waals surface area contributed by atoms with Gasteiger partial charge in [0.1, 0.15) is 28.2 Å². The predicted octanol–water partition coefficient (Wildman–Crippen LogP) is 3.74. The molecule has 1 saturated heterocycles. The first-order valence-corrected chi connectivity index (χ1v) is 10.3. The Labute approximate surface area is 196 Å². The van der Waals surface area contributed by atoms with Crippen LogP contribution in [0.2, 0.25) is 0 Å². The fourth-order valence-corrected chi connectivity index (χ4v) is 4.80. The highest BCUT2D eigenvalue weighted by atomic mass is 79.9. The number of non-ortho nitro benzene ring substituents is 1. The number of aliphatic hydroxyl groups excluding tert-OH is 1. The third-order valence-corrected chi connectivity index (χ3v) is 6.46. The molecule has 2 heterocycles. The van der Waals surface area contributed by atoms with Crippen LogP contribution in [-0.2, 0) is 0 Å². The van der Waals surface area contributed by atoms with E-state index in [1.165, 1.54) is 24.3 Å². The summed E-state index contributed by atoms with van der Waals surface area (Å²) in [4.78, 5) is 25.3. The molecule has 0 radical (unpaired) electrons. The van der Waals surface area contributed by atoms with E-state index in [0.29, 0.717) is 28.6 Å². The summed E-state index contributed by atoms with van der Waals surface area (Å²) in [6.45, 7) is 0.524. The van der Waals surface area contributed by atoms with Gasteiger partial charge in [0.05, 0.1) is 11.5 Å². The first-order chi connectivity index (χ1) is 14.7. The Hall–Kier alpha value is -2.66. The second-order valence-corrected chi connectivity index (χ2v) is 8.41. The zero-order chi connectivity index (χ0) is 22.4. The number of aliphatic hydroxyl groups is 1. The number of fused-ring (bicyclic) bond motifs is 1. The van der Waals surface area contributed by atoms with Crippen molar-refractivity contribution in [2.75, 3.05) is 20.2 Å². The highest BCUT2D eigenvalue weighted by Crippen LogP contribution is 2.44. The van der Waals surface area contributed by atoms with Gasteiger partial charge in [-0.2, -0.15) is 0 Å². The van der Waals surface area contributed by atoms with E-state index < -0.39 is 16.1 Å². The minimum Gasteiger partial charge on any atom is -0.507 e. The Kier molecular flexibility index (Phi) is 6.80. The molecule has 3 aromatic rings. The minimum atomic E-state index is -0.537. The second-order valence-electron chi connectivity index (χ2n) is 7.55. The van der Waals surface area contributed by atoms with Gasteiger partial charge in [-0.1, -0.05) is 0 Å². The van der Waals surface area contributed by atoms with Crippen molar-refractivity contribution in [2.45, 2.75) is 18.4 Å². The molecule has 2 aromatic carbocycles. The van der Waals surface area contributed by atoms with Gasteiger partial charge in [0.15, 0.2) is 5.43 Å². The van der Waals surface area contributed by atoms with Gasteiger partial charge in [-0.15, -0.1) is 12.4 Å². The molecule has 1 aliphatic rings. The highest BCUT2D eigenvalue weighted by Gasteiger charge is 2.36. The summed E-state index contributed by atoms with van der Waals surface area (Å²) in [6, 6.07) is 6.06. The normalized spacial score (nSPS) is 18.6. The molecule has 0 spiro atoms. The number of aromatic hydroxyl groups is 2. The molecule has 9 nitrogen and oxygen atoms in total. The number of phenolic OH excluding ortho intramolecular Hbond substituents is 2. The maximum Gasteiger partial charge on any atom is 0.270 e. The molecule has 32 heavy (non-hydrogen) atoms. The van der Waals surface area contributed by atoms with Crippen LogP contribution in [0.25, 0.3) is 22.3 Å². The third kappa shape index (κ3) is 3.95. The zero-order valence-electron chi connectivity index (χ0n) is 16.8. The van der Waals surface area contributed by atoms with Crippen LogP contribution < -0.4 is 5.43 Å². The lowest BCUT2D eigenvalue weighted by Crippen LogP contribution is -2.32. The molecule has 0 bridgehead atoms. The van der Waals surface area contributed by atoms with Crippen molar-refractivity contribution >= 4 is 45.0 Å². The lowest BCUT2D eigenvalue weighted by molar-refractivity contribution is -0.384. The van der Waals surface area contributed by atoms with Crippen LogP contribution in [0.1, 0.15) is 17.9 Å². The van der Waals surface area contributed by atoms with Crippen LogP contribution in [0.5, 0.6) is 11.5 Å². The number of phenols is 2. The lowest BCUT2D eigenvalue weighted by Gasteiger charge is -2.24. The van der Waals surface area contributed by atoms with E-state index in [2.05, 4.69) is 15.9 Å². The Morgan fingerprint density at radius 3 is 2.59 bits per heavy atom. The molecule has 2 unspecified atom stereocenters. The van der Waals surface area contributed by atoms with Gasteiger partial charge in [0.2, 0.25) is 0 Å². The fourth-order valence-electron chi connectivity index (χ4n) is 4.24. The number of nitro benzene ring substituents is 1. The van der Waals surface area contributed by atoms with Crippen molar-refractivity contribution in [3.8, 4) is 22.8 Å². The Morgan fingerprint density at radius 2 is 1.97 bits per heavy atom. The van der Waals surface area contributed by atoms with Gasteiger partial charge in [0.25, 0.3) is 5.69 Å². The molecular formula is C21H20BrClN2O7. The number of nitrogens with zero attached hydrogens (tertiary/aromatic N) is 2. The van der Waals surface area contributed by atoms with Gasteiger partial charge >= 0.3 is 0 Å². The lowest BCUT2D eigenvalue weighted by atomic mass is 9.89. The number of likely N-dealkylation sites (N-methyl/N-ethyl adjacent to an activating group) is 1. The molecular weight excluding hydrogens is 508 g/mol. The molecule has 0 saturated carbocycles. The van der Waals surface area contributed by atoms with E-state index in [1.807, 2.05) is 11.9 Å². The van der Waals surface area contributed by atoms with Gasteiger partial charge in [-0.05, 0) is 42.0 Å². The average Bonchev–Trinajstić information content (AvgIpc) is 3.07. The van der Waals surface area contributed by atoms with Crippen LogP contribution in [0, 0.1) is 10.1 Å². The smallest absolute Gasteiger partial charge is 0.270 e. The maximum absolute atomic E-state index is 12.9. The van der Waals surface area contributed by atoms with Crippen molar-refractivity contribution in [1.82, 2.24) is 4.90 Å². The van der Waals surface area contributed by atoms with E-state index in [-0.39, 0.29) is 59.1 Å². The molecule has 0 amide bonds. The van der Waals surface area contributed by atoms with Gasteiger partial charge in [-0.25, -0.2) is 0 Å². The molecule has 3 N–H and O–H groups in total. The average molecular weight is 528 g/mol. The first-order valence-electron chi connectivity index (χ1n) is 9.51. The summed E-state index contributed by atoms with van der Waals surface area (Å²) in [6.07, 6.45) is 0.615. The van der Waals surface area contributed by atoms with Crippen LogP contribution in [-0.4, -0.2) is 51.4 Å². The van der Waals surface area contributed by atoms with Crippen LogP contribution in [0.3, 0.4) is 0 Å². The molecule has 4 rings (SSSR count). The molecule has 1 aliphatic heterocycles. The number of hydrogen-bond donors (Lipinski definition) is 3. The highest BCUT2D eigenvalue weighted by molar-refractivity contribution is 9.10. The maximum atomic E-state index is 12.9. The fraction of sp³-hybridized carbons (Fsp3) is 0.286. The van der Waals surface area contributed by atoms with E-state index >= 15 is 0 Å². The standard InChI is InChI=1S/C21H19BrN2O7.ClH/c1-23-5-4-12(14(23)9-25)19-15(26)7-16(27)20-17(28)8-18(31-21(19)20)11-3-2-10(24(29)30)6-13(11)22;/h2-3,6-8,12,14,25-27H,4-5,9H2,1H3;1H. The van der Waals surface area contributed by atoms with Crippen molar-refractivity contribution in [3.05, 3.63) is 60.7 Å². The van der Waals surface area contributed by atoms with E-state index in [1.54, 1.807) is 0 Å². The predicted molar refractivity (Wildman–Crippen MR) is 124 cm³/mol. The molecule has 1 fully saturated rings. The molecule has 0 aliphatic carbocycles. The Balaban J connectivity index is 0.00000289. The second kappa shape index (κ2) is 9.07. The molecule has 11 heteroatoms. The van der Waals surface area contributed by atoms with Crippen LogP contribution in [0.4, 0.5) is 5.69 Å². The quantitative estimate of drug-likeness (QED) is 0.345. The summed E-state index contributed by atoms with van der Waals surface area (Å²) in [5.74, 6) is -0.841. The van der Waals surface area contributed by atoms with Gasteiger partial charge in [-0.3, -0.25) is 14.9 Å². The summed E-state index contributed by atoms with van der Waals surface area (Å²) in [5, 5.41) is 41.8. The molecule has 1 aromatic heterocycles. The largest absolute Gasteiger partial charge is 0.507 e. The Bertz CT molecular complexity index is 1260. The van der Waals surface area contributed by atoms with E-state index in [0.717, 1.165) is 6.07 Å². The zero-order valence-corrected chi connectivity index (χ0v) is 19.2. The van der Waals surface area contributed by atoms with Crippen LogP contribution >= 0.6 is 28.3 Å². The number of halogens is 2. The Morgan fingerprint density at radius 1 is 1.25 bits per heavy atom. The monoisotopic (exact) mass is 526 g/mol. The third-order valence-electron chi connectivity index (χ3n) is 5.81. The summed E-state index contributed by atoms with van der Waals surface area (Å²) < 4.78 is 6.37. The topological polar surface area (TPSA) is 137 Å². The SMILES string of the molecule is CN1CCC(c2c(O)cc(O)c3c(=O)cc(-c4ccc([N+](=O)[O-])cc4Br)oc23)C1CO.Cl. The van der Waals surface area contributed by atoms with E-state index in [9.17, 15) is 30.2 Å². The van der Waals surface area contributed by atoms with Crippen molar-refractivity contribution in [1.29, 1.82) is 0 Å². The summed E-state index contributed by atoms with van der Waals surface area (Å²) >= 11 is 3.28. The van der Waals surface area contributed by atoms with Crippen molar-refractivity contribution in [3.63, 3.8) is 0 Å². The number of hydrogen-bond acceptors (Lipinski definition) is 8. The summed E-state index contributed by atoms with van der Waals surface area (Å²) in [7, 11) is 1.86. The number of likely N-dealkylation sites (tertiary alicyclic amines) is 1. The number of nitro groups is 1. The van der Waals surface area contributed by atoms with E-state index in [4.69, 9.17) is 4.42 Å².